The minimum Gasteiger partial charge on any atom is -0.462 e. The minimum atomic E-state index is -0.554. The highest BCUT2D eigenvalue weighted by Crippen LogP contribution is 2.35. The van der Waals surface area contributed by atoms with Crippen molar-refractivity contribution in [2.24, 2.45) is 0 Å². The quantitative estimate of drug-likeness (QED) is 0.627. The lowest BCUT2D eigenvalue weighted by Crippen LogP contribution is -2.14. The zero-order chi connectivity index (χ0) is 20.1. The zero-order valence-corrected chi connectivity index (χ0v) is 15.7. The number of rotatable bonds is 5. The second kappa shape index (κ2) is 8.46. The van der Waals surface area contributed by atoms with E-state index in [-0.39, 0.29) is 17.3 Å². The van der Waals surface area contributed by atoms with Gasteiger partial charge in [-0.1, -0.05) is 18.2 Å². The number of hydrogen-bond donors (Lipinski definition) is 1. The summed E-state index contributed by atoms with van der Waals surface area (Å²) in [4.78, 5) is 25.8. The van der Waals surface area contributed by atoms with Crippen LogP contribution in [0.15, 0.2) is 54.6 Å². The molecule has 0 saturated carbocycles. The fraction of sp³-hybridized carbons (Fsp3) is 0.0952. The molecule has 28 heavy (non-hydrogen) atoms. The van der Waals surface area contributed by atoms with E-state index in [0.29, 0.717) is 27.3 Å². The minimum absolute atomic E-state index is 0.195. The molecule has 1 amide bonds. The van der Waals surface area contributed by atoms with Crippen molar-refractivity contribution >= 4 is 28.9 Å². The molecule has 140 valence electrons. The second-order valence-electron chi connectivity index (χ2n) is 5.73. The second-order valence-corrected chi connectivity index (χ2v) is 6.78. The smallest absolute Gasteiger partial charge is 0.350 e. The Kier molecular flexibility index (Phi) is 5.82. The molecule has 0 saturated heterocycles. The summed E-state index contributed by atoms with van der Waals surface area (Å²) in [6.07, 6.45) is 0. The Morgan fingerprint density at radius 3 is 2.61 bits per heavy atom. The molecule has 0 aliphatic heterocycles. The van der Waals surface area contributed by atoms with Crippen LogP contribution in [0.5, 0.6) is 0 Å². The Labute approximate surface area is 165 Å². The van der Waals surface area contributed by atoms with E-state index in [9.17, 15) is 14.0 Å². The molecule has 0 bridgehead atoms. The largest absolute Gasteiger partial charge is 0.462 e. The normalized spacial score (nSPS) is 10.2. The first-order valence-electron chi connectivity index (χ1n) is 8.40. The van der Waals surface area contributed by atoms with Gasteiger partial charge < -0.3 is 10.1 Å². The monoisotopic (exact) mass is 394 g/mol. The SMILES string of the molecule is CCOC(=O)c1sc(-c2ccc(F)cc2)cc1NC(=O)c1cccc(C#N)c1. The van der Waals surface area contributed by atoms with Gasteiger partial charge in [-0.3, -0.25) is 4.79 Å². The van der Waals surface area contributed by atoms with E-state index in [1.807, 2.05) is 6.07 Å². The van der Waals surface area contributed by atoms with Gasteiger partial charge in [0, 0.05) is 10.4 Å². The standard InChI is InChI=1S/C21H15FN2O3S/c1-2-27-21(26)19-17(11-18(28-19)14-6-8-16(22)9-7-14)24-20(25)15-5-3-4-13(10-15)12-23/h3-11H,2H2,1H3,(H,24,25). The highest BCUT2D eigenvalue weighted by atomic mass is 32.1. The van der Waals surface area contributed by atoms with Crippen LogP contribution < -0.4 is 5.32 Å². The average Bonchev–Trinajstić information content (AvgIpc) is 3.12. The number of carbonyl (C=O) groups excluding carboxylic acids is 2. The number of halogens is 1. The van der Waals surface area contributed by atoms with Crippen LogP contribution in [0.4, 0.5) is 10.1 Å². The first-order chi connectivity index (χ1) is 13.5. The Bertz CT molecular complexity index is 1070. The summed E-state index contributed by atoms with van der Waals surface area (Å²) in [5.74, 6) is -1.37. The molecule has 0 unspecified atom stereocenters. The van der Waals surface area contributed by atoms with Crippen LogP contribution in [0, 0.1) is 17.1 Å². The van der Waals surface area contributed by atoms with Crippen molar-refractivity contribution in [1.82, 2.24) is 0 Å². The lowest BCUT2D eigenvalue weighted by molar-refractivity contribution is 0.0533. The van der Waals surface area contributed by atoms with Crippen molar-refractivity contribution in [2.75, 3.05) is 11.9 Å². The van der Waals surface area contributed by atoms with Gasteiger partial charge >= 0.3 is 5.97 Å². The van der Waals surface area contributed by atoms with Crippen LogP contribution in [0.1, 0.15) is 32.5 Å². The number of esters is 1. The maximum Gasteiger partial charge on any atom is 0.350 e. The van der Waals surface area contributed by atoms with Crippen LogP contribution in [0.25, 0.3) is 10.4 Å². The molecule has 7 heteroatoms. The fourth-order valence-corrected chi connectivity index (χ4v) is 3.53. The number of thiophene rings is 1. The molecule has 1 aromatic heterocycles. The Balaban J connectivity index is 1.95. The number of benzene rings is 2. The molecule has 0 spiro atoms. The summed E-state index contributed by atoms with van der Waals surface area (Å²) in [6, 6.07) is 15.7. The highest BCUT2D eigenvalue weighted by Gasteiger charge is 2.20. The first-order valence-corrected chi connectivity index (χ1v) is 9.22. The van der Waals surface area contributed by atoms with E-state index in [1.54, 1.807) is 43.3 Å². The van der Waals surface area contributed by atoms with Gasteiger partial charge in [0.2, 0.25) is 0 Å². The van der Waals surface area contributed by atoms with Crippen LogP contribution in [-0.4, -0.2) is 18.5 Å². The lowest BCUT2D eigenvalue weighted by atomic mass is 10.1. The number of hydrogen-bond acceptors (Lipinski definition) is 5. The third-order valence-corrected chi connectivity index (χ3v) is 4.99. The Morgan fingerprint density at radius 1 is 1.18 bits per heavy atom. The summed E-state index contributed by atoms with van der Waals surface area (Å²) in [6.45, 7) is 1.89. The highest BCUT2D eigenvalue weighted by molar-refractivity contribution is 7.18. The third-order valence-electron chi connectivity index (χ3n) is 3.82. The predicted molar refractivity (Wildman–Crippen MR) is 105 cm³/mol. The zero-order valence-electron chi connectivity index (χ0n) is 14.9. The van der Waals surface area contributed by atoms with Crippen molar-refractivity contribution in [3.8, 4) is 16.5 Å². The summed E-state index contributed by atoms with van der Waals surface area (Å²) >= 11 is 1.15. The molecule has 3 aromatic rings. The molecule has 0 radical (unpaired) electrons. The van der Waals surface area contributed by atoms with Gasteiger partial charge in [-0.2, -0.15) is 5.26 Å². The number of anilines is 1. The lowest BCUT2D eigenvalue weighted by Gasteiger charge is -2.06. The van der Waals surface area contributed by atoms with Crippen molar-refractivity contribution in [3.05, 3.63) is 76.4 Å². The van der Waals surface area contributed by atoms with E-state index in [0.717, 1.165) is 11.3 Å². The number of amides is 1. The van der Waals surface area contributed by atoms with Gasteiger partial charge in [-0.25, -0.2) is 9.18 Å². The first kappa shape index (κ1) is 19.3. The maximum absolute atomic E-state index is 13.2. The van der Waals surface area contributed by atoms with Gasteiger partial charge in [0.05, 0.1) is 23.9 Å². The molecule has 5 nitrogen and oxygen atoms in total. The van der Waals surface area contributed by atoms with Crippen LogP contribution in [0.3, 0.4) is 0 Å². The van der Waals surface area contributed by atoms with Crippen molar-refractivity contribution in [3.63, 3.8) is 0 Å². The van der Waals surface area contributed by atoms with Gasteiger partial charge in [-0.05, 0) is 48.9 Å². The average molecular weight is 394 g/mol. The summed E-state index contributed by atoms with van der Waals surface area (Å²) in [7, 11) is 0. The third kappa shape index (κ3) is 4.24. The van der Waals surface area contributed by atoms with Gasteiger partial charge in [-0.15, -0.1) is 11.3 Å². The molecule has 0 aliphatic carbocycles. The topological polar surface area (TPSA) is 79.2 Å². The van der Waals surface area contributed by atoms with E-state index < -0.39 is 11.9 Å². The summed E-state index contributed by atoms with van der Waals surface area (Å²) < 4.78 is 18.3. The molecular weight excluding hydrogens is 379 g/mol. The van der Waals surface area contributed by atoms with E-state index >= 15 is 0 Å². The van der Waals surface area contributed by atoms with Crippen molar-refractivity contribution < 1.29 is 18.7 Å². The van der Waals surface area contributed by atoms with Gasteiger partial charge in [0.1, 0.15) is 10.7 Å². The molecule has 1 heterocycles. The van der Waals surface area contributed by atoms with Crippen molar-refractivity contribution in [2.45, 2.75) is 6.92 Å². The molecule has 2 aromatic carbocycles. The van der Waals surface area contributed by atoms with Gasteiger partial charge in [0.15, 0.2) is 0 Å². The Hall–Kier alpha value is -3.50. The number of nitrogens with zero attached hydrogens (tertiary/aromatic N) is 1. The van der Waals surface area contributed by atoms with Gasteiger partial charge in [0.25, 0.3) is 5.91 Å². The van der Waals surface area contributed by atoms with E-state index in [2.05, 4.69) is 5.32 Å². The van der Waals surface area contributed by atoms with Crippen LogP contribution in [-0.2, 0) is 4.74 Å². The molecular formula is C21H15FN2O3S. The molecule has 1 N–H and O–H groups in total. The molecule has 3 rings (SSSR count). The van der Waals surface area contributed by atoms with E-state index in [4.69, 9.17) is 10.00 Å². The number of nitriles is 1. The number of nitrogens with one attached hydrogen (secondary N) is 1. The fourth-order valence-electron chi connectivity index (χ4n) is 2.51. The van der Waals surface area contributed by atoms with Crippen molar-refractivity contribution in [1.29, 1.82) is 5.26 Å². The van der Waals surface area contributed by atoms with Crippen LogP contribution in [0.2, 0.25) is 0 Å². The van der Waals surface area contributed by atoms with E-state index in [1.165, 1.54) is 18.2 Å². The molecule has 0 fully saturated rings. The maximum atomic E-state index is 13.2. The summed E-state index contributed by atoms with van der Waals surface area (Å²) in [5, 5.41) is 11.7. The number of carbonyl (C=O) groups is 2. The van der Waals surface area contributed by atoms with Crippen LogP contribution >= 0.6 is 11.3 Å². The molecule has 0 atom stereocenters. The Morgan fingerprint density at radius 2 is 1.93 bits per heavy atom. The summed E-state index contributed by atoms with van der Waals surface area (Å²) in [5.41, 5.74) is 1.66. The molecule has 0 aliphatic rings. The predicted octanol–water partition coefficient (Wildman–Crippen LogP) is 4.85. The number of ether oxygens (including phenoxy) is 1.